The third-order valence-corrected chi connectivity index (χ3v) is 13.9. The number of nitrogens with zero attached hydrogens (tertiary/aromatic N) is 8. The third kappa shape index (κ3) is 7.32. The molecule has 1 aromatic heterocycles. The Bertz CT molecular complexity index is 2500. The molecule has 3 saturated heterocycles. The Morgan fingerprint density at radius 3 is 2.11 bits per heavy atom. The molecule has 5 heterocycles. The van der Waals surface area contributed by atoms with Gasteiger partial charge in [0.15, 0.2) is 0 Å². The van der Waals surface area contributed by atoms with Crippen molar-refractivity contribution in [2.24, 2.45) is 0 Å². The molecule has 0 bridgehead atoms. The number of ether oxygens (including phenoxy) is 1. The number of likely N-dealkylation sites (N-methyl/N-ethyl adjacent to an activating group) is 1. The van der Waals surface area contributed by atoms with Crippen molar-refractivity contribution in [3.05, 3.63) is 160 Å². The number of hydrogen-bond acceptors (Lipinski definition) is 9. The van der Waals surface area contributed by atoms with E-state index in [4.69, 9.17) is 26.3 Å². The summed E-state index contributed by atoms with van der Waals surface area (Å²) in [6.45, 7) is 5.08. The molecular weight excluding hydrogens is 792 g/mol. The molecule has 0 saturated carbocycles. The molecule has 4 atom stereocenters. The number of rotatable bonds is 11. The van der Waals surface area contributed by atoms with Crippen molar-refractivity contribution in [3.8, 4) is 12.1 Å². The van der Waals surface area contributed by atoms with Crippen LogP contribution in [0.3, 0.4) is 0 Å². The van der Waals surface area contributed by atoms with E-state index in [1.165, 1.54) is 0 Å². The molecule has 1 amide bonds. The largest absolute Gasteiger partial charge is 0.462 e. The standard InChI is InChI=1S/C51H51ClN8O2/c1-56-28-13-22-41(56)35-62-50-54-44-33-57(45-24-12-15-36-14-11-23-43(52)47(36)45)29-26-42(44)48(55-50)58-30-31-59(40(32-58)25-27-53)49(61)46-34-60(46)51(37-16-5-2-6-17-37,38-18-7-3-8-19-38)39-20-9-4-10-21-39/h2-12,14-21,23-24,40-41,46H,13,22,25-26,28-35H2,1H3/t40-,41-,46?,60?/m0/s1. The predicted octanol–water partition coefficient (Wildman–Crippen LogP) is 7.93. The summed E-state index contributed by atoms with van der Waals surface area (Å²) >= 11 is 6.82. The fourth-order valence-electron chi connectivity index (χ4n) is 10.4. The van der Waals surface area contributed by atoms with E-state index in [0.717, 1.165) is 87.6 Å². The molecule has 0 N–H and O–H groups in total. The van der Waals surface area contributed by atoms with E-state index in [1.54, 1.807) is 0 Å². The number of carbonyl (C=O) groups excluding carboxylic acids is 1. The van der Waals surface area contributed by atoms with E-state index in [1.807, 2.05) is 35.2 Å². The lowest BCUT2D eigenvalue weighted by Gasteiger charge is -2.43. The zero-order valence-electron chi connectivity index (χ0n) is 35.1. The fourth-order valence-corrected chi connectivity index (χ4v) is 10.7. The first kappa shape index (κ1) is 40.1. The summed E-state index contributed by atoms with van der Waals surface area (Å²) in [5, 5.41) is 13.1. The Hall–Kier alpha value is -5.99. The summed E-state index contributed by atoms with van der Waals surface area (Å²) in [4.78, 5) is 36.5. The minimum atomic E-state index is -0.675. The molecule has 62 heavy (non-hydrogen) atoms. The molecule has 4 aliphatic heterocycles. The normalized spacial score (nSPS) is 21.4. The number of carbonyl (C=O) groups is 1. The summed E-state index contributed by atoms with van der Waals surface area (Å²) in [7, 11) is 2.15. The number of fused-ring (bicyclic) bond motifs is 2. The first-order valence-electron chi connectivity index (χ1n) is 21.9. The van der Waals surface area contributed by atoms with E-state index in [2.05, 4.69) is 130 Å². The Kier molecular flexibility index (Phi) is 11.0. The van der Waals surface area contributed by atoms with Crippen LogP contribution in [0.15, 0.2) is 127 Å². The number of aromatic nitrogens is 2. The van der Waals surface area contributed by atoms with Crippen LogP contribution in [0.25, 0.3) is 10.8 Å². The molecule has 5 aromatic carbocycles. The Morgan fingerprint density at radius 2 is 1.47 bits per heavy atom. The van der Waals surface area contributed by atoms with Gasteiger partial charge in [-0.3, -0.25) is 9.69 Å². The molecule has 6 aromatic rings. The lowest BCUT2D eigenvalue weighted by Crippen LogP contribution is -2.57. The maximum absolute atomic E-state index is 14.9. The Morgan fingerprint density at radius 1 is 0.790 bits per heavy atom. The summed E-state index contributed by atoms with van der Waals surface area (Å²) in [6, 6.07) is 46.4. The third-order valence-electron chi connectivity index (χ3n) is 13.6. The van der Waals surface area contributed by atoms with Crippen LogP contribution in [-0.4, -0.2) is 102 Å². The average molecular weight is 843 g/mol. The molecule has 0 radical (unpaired) electrons. The van der Waals surface area contributed by atoms with Crippen molar-refractivity contribution in [2.45, 2.75) is 55.9 Å². The number of nitriles is 1. The minimum absolute atomic E-state index is 0.0656. The van der Waals surface area contributed by atoms with Crippen LogP contribution >= 0.6 is 11.6 Å². The molecule has 3 fully saturated rings. The molecule has 4 aliphatic rings. The van der Waals surface area contributed by atoms with Crippen molar-refractivity contribution < 1.29 is 9.53 Å². The smallest absolute Gasteiger partial charge is 0.318 e. The molecule has 2 unspecified atom stereocenters. The van der Waals surface area contributed by atoms with Crippen molar-refractivity contribution in [1.29, 1.82) is 5.26 Å². The molecule has 10 rings (SSSR count). The predicted molar refractivity (Wildman–Crippen MR) is 245 cm³/mol. The Labute approximate surface area is 368 Å². The fraction of sp³-hybridized carbons (Fsp3) is 0.333. The summed E-state index contributed by atoms with van der Waals surface area (Å²) < 4.78 is 6.46. The van der Waals surface area contributed by atoms with Gasteiger partial charge in [-0.15, -0.1) is 0 Å². The van der Waals surface area contributed by atoms with Crippen molar-refractivity contribution in [1.82, 2.24) is 24.7 Å². The number of anilines is 2. The number of benzene rings is 5. The van der Waals surface area contributed by atoms with Gasteiger partial charge < -0.3 is 24.3 Å². The van der Waals surface area contributed by atoms with Gasteiger partial charge in [-0.2, -0.15) is 15.2 Å². The zero-order valence-corrected chi connectivity index (χ0v) is 35.9. The van der Waals surface area contributed by atoms with Crippen LogP contribution in [0.2, 0.25) is 5.02 Å². The highest BCUT2D eigenvalue weighted by Crippen LogP contribution is 2.49. The van der Waals surface area contributed by atoms with Crippen LogP contribution in [-0.2, 0) is 23.3 Å². The first-order valence-corrected chi connectivity index (χ1v) is 22.3. The van der Waals surface area contributed by atoms with Crippen LogP contribution < -0.4 is 14.5 Å². The second-order valence-electron chi connectivity index (χ2n) is 17.1. The highest BCUT2D eigenvalue weighted by atomic mass is 35.5. The van der Waals surface area contributed by atoms with Crippen LogP contribution in [0.5, 0.6) is 6.01 Å². The van der Waals surface area contributed by atoms with Gasteiger partial charge in [0.2, 0.25) is 5.91 Å². The van der Waals surface area contributed by atoms with Crippen molar-refractivity contribution in [3.63, 3.8) is 0 Å². The topological polar surface area (TPSA) is 91.8 Å². The Balaban J connectivity index is 0.951. The van der Waals surface area contributed by atoms with Gasteiger partial charge in [0, 0.05) is 55.4 Å². The SMILES string of the molecule is CN1CCC[C@H]1COc1nc2c(c(N3CCN(C(=O)C4CN4C(c4ccccc4)(c4ccccc4)c4ccccc4)[C@@H](CC#N)C3)n1)CCN(c1cccc3cccc(Cl)c13)C2. The maximum Gasteiger partial charge on any atom is 0.318 e. The summed E-state index contributed by atoms with van der Waals surface area (Å²) in [6.07, 6.45) is 3.18. The number of piperazine rings is 1. The lowest BCUT2D eigenvalue weighted by molar-refractivity contribution is -0.134. The monoisotopic (exact) mass is 842 g/mol. The van der Waals surface area contributed by atoms with Gasteiger partial charge >= 0.3 is 6.01 Å². The summed E-state index contributed by atoms with van der Waals surface area (Å²) in [5.41, 5.74) is 5.77. The van der Waals surface area contributed by atoms with Crippen LogP contribution in [0.1, 0.15) is 47.2 Å². The number of likely N-dealkylation sites (tertiary alicyclic amines) is 1. The minimum Gasteiger partial charge on any atom is -0.462 e. The highest BCUT2D eigenvalue weighted by Gasteiger charge is 2.57. The number of amides is 1. The van der Waals surface area contributed by atoms with E-state index >= 15 is 0 Å². The molecule has 0 spiro atoms. The van der Waals surface area contributed by atoms with Crippen molar-refractivity contribution >= 4 is 39.8 Å². The molecule has 0 aliphatic carbocycles. The zero-order chi connectivity index (χ0) is 42.2. The van der Waals surface area contributed by atoms with Crippen LogP contribution in [0, 0.1) is 11.3 Å². The van der Waals surface area contributed by atoms with Gasteiger partial charge in [-0.05, 0) is 67.1 Å². The molecular formula is C51H51ClN8O2. The molecule has 314 valence electrons. The highest BCUT2D eigenvalue weighted by molar-refractivity contribution is 6.36. The lowest BCUT2D eigenvalue weighted by atomic mass is 9.76. The van der Waals surface area contributed by atoms with E-state index in [-0.39, 0.29) is 24.4 Å². The second kappa shape index (κ2) is 17.1. The summed E-state index contributed by atoms with van der Waals surface area (Å²) in [5.74, 6) is 0.913. The average Bonchev–Trinajstić information content (AvgIpc) is 4.01. The van der Waals surface area contributed by atoms with Crippen molar-refractivity contribution in [2.75, 3.05) is 62.7 Å². The number of halogens is 1. The first-order chi connectivity index (χ1) is 30.4. The van der Waals surface area contributed by atoms with Crippen LogP contribution in [0.4, 0.5) is 11.5 Å². The van der Waals surface area contributed by atoms with Gasteiger partial charge in [-0.1, -0.05) is 127 Å². The van der Waals surface area contributed by atoms with Gasteiger partial charge in [-0.25, -0.2) is 0 Å². The van der Waals surface area contributed by atoms with Gasteiger partial charge in [0.25, 0.3) is 0 Å². The van der Waals surface area contributed by atoms with Gasteiger partial charge in [0.1, 0.15) is 18.5 Å². The number of hydrogen-bond donors (Lipinski definition) is 0. The quantitative estimate of drug-likeness (QED) is 0.0954. The molecule has 10 nitrogen and oxygen atoms in total. The van der Waals surface area contributed by atoms with Gasteiger partial charge in [0.05, 0.1) is 41.3 Å². The van der Waals surface area contributed by atoms with E-state index in [9.17, 15) is 10.1 Å². The van der Waals surface area contributed by atoms with E-state index < -0.39 is 5.54 Å². The second-order valence-corrected chi connectivity index (χ2v) is 17.5. The van der Waals surface area contributed by atoms with E-state index in [0.29, 0.717) is 51.4 Å². The molecule has 11 heteroatoms. The maximum atomic E-state index is 14.9.